The number of carbonyl (C=O) groups is 3. The predicted molar refractivity (Wildman–Crippen MR) is 234 cm³/mol. The van der Waals surface area contributed by atoms with Gasteiger partial charge in [0, 0.05) is 6.92 Å². The Morgan fingerprint density at radius 3 is 2.00 bits per heavy atom. The van der Waals surface area contributed by atoms with E-state index in [1.807, 2.05) is 0 Å². The molecule has 0 spiro atoms. The highest BCUT2D eigenvalue weighted by atomic mass is 16.8. The fraction of sp³-hybridized carbons (Fsp3) is 0.898. The van der Waals surface area contributed by atoms with Gasteiger partial charge in [-0.25, -0.2) is 4.79 Å². The Balaban J connectivity index is 1.02. The molecule has 8 aliphatic rings. The van der Waals surface area contributed by atoms with E-state index >= 15 is 0 Å². The zero-order chi connectivity index (χ0) is 49.8. The molecular formula is C49H76O19. The van der Waals surface area contributed by atoms with E-state index in [2.05, 4.69) is 54.5 Å². The molecule has 3 aliphatic heterocycles. The van der Waals surface area contributed by atoms with Crippen molar-refractivity contribution >= 4 is 17.9 Å². The van der Waals surface area contributed by atoms with Crippen LogP contribution in [0.3, 0.4) is 0 Å². The van der Waals surface area contributed by atoms with Crippen LogP contribution in [0.4, 0.5) is 0 Å². The van der Waals surface area contributed by atoms with Crippen LogP contribution < -0.4 is 0 Å². The summed E-state index contributed by atoms with van der Waals surface area (Å²) in [6.07, 6.45) is -13.8. The molecule has 8 rings (SSSR count). The Morgan fingerprint density at radius 1 is 0.662 bits per heavy atom. The van der Waals surface area contributed by atoms with E-state index in [4.69, 9.17) is 33.2 Å². The average Bonchev–Trinajstić information content (AvgIpc) is 3.26. The fourth-order valence-electron chi connectivity index (χ4n) is 15.1. The molecule has 22 unspecified atom stereocenters. The maximum absolute atomic E-state index is 14.7. The van der Waals surface area contributed by atoms with E-state index < -0.39 is 134 Å². The van der Waals surface area contributed by atoms with Gasteiger partial charge in [0.1, 0.15) is 54.9 Å². The van der Waals surface area contributed by atoms with Gasteiger partial charge in [0.15, 0.2) is 24.8 Å². The number of ether oxygens (including phenoxy) is 7. The highest BCUT2D eigenvalue weighted by Crippen LogP contribution is 2.76. The summed E-state index contributed by atoms with van der Waals surface area (Å²) in [5, 5.41) is 94.3. The first-order valence-electron chi connectivity index (χ1n) is 24.6. The van der Waals surface area contributed by atoms with Crippen molar-refractivity contribution in [2.75, 3.05) is 13.2 Å². The number of carbonyl (C=O) groups excluding carboxylic acids is 2. The van der Waals surface area contributed by atoms with E-state index in [-0.39, 0.29) is 39.4 Å². The Bertz CT molecular complexity index is 1940. The molecule has 4 saturated carbocycles. The summed E-state index contributed by atoms with van der Waals surface area (Å²) < 4.78 is 41.0. The molecule has 3 saturated heterocycles. The molecule has 5 aliphatic carbocycles. The number of carboxylic acid groups (broad SMARTS) is 1. The highest BCUT2D eigenvalue weighted by molar-refractivity contribution is 5.82. The van der Waals surface area contributed by atoms with Crippen molar-refractivity contribution in [3.05, 3.63) is 11.6 Å². The quantitative estimate of drug-likeness (QED) is 0.0897. The van der Waals surface area contributed by atoms with E-state index in [9.17, 15) is 60.3 Å². The first kappa shape index (κ1) is 52.0. The van der Waals surface area contributed by atoms with Crippen LogP contribution in [-0.4, -0.2) is 169 Å². The van der Waals surface area contributed by atoms with Crippen LogP contribution in [0.2, 0.25) is 0 Å². The second kappa shape index (κ2) is 18.3. The SMILES string of the molecule is CC(=O)OC1C(OC2CCC3(C)C(CCC4(C)C3CCC3C5=CC(C)(C)CCC5(C(=O)OC5OC(CO)C(O)C(O)C5O)CCC34C)C2(C)C)OC(C(=O)O)C(OC2OCC(O)C(O)C2O)C1O. The van der Waals surface area contributed by atoms with Crippen LogP contribution in [-0.2, 0) is 47.5 Å². The summed E-state index contributed by atoms with van der Waals surface area (Å²) in [6.45, 7) is 15.9. The largest absolute Gasteiger partial charge is 0.479 e. The standard InChI is InChI=1S/C49H76O19/c1-22(51)63-37-35(58)36(66-40-33(56)30(53)25(52)21-62-40)38(39(59)60)67-42(37)65-29-12-13-46(6)27(45(29,4)5)11-14-48(8)28(46)10-9-23-24-19-44(2,3)15-17-49(24,18-16-47(23,48)7)43(61)68-41-34(57)32(55)31(54)26(20-50)64-41/h19,23,25-38,40-42,50,52-58H,9-18,20-21H2,1-8H3,(H,59,60). The second-order valence-electron chi connectivity index (χ2n) is 23.6. The molecule has 68 heavy (non-hydrogen) atoms. The third-order valence-corrected chi connectivity index (χ3v) is 19.1. The topological polar surface area (TPSA) is 298 Å². The van der Waals surface area contributed by atoms with Gasteiger partial charge in [0.2, 0.25) is 6.29 Å². The van der Waals surface area contributed by atoms with Gasteiger partial charge in [0.25, 0.3) is 0 Å². The number of aliphatic carboxylic acids is 1. The minimum Gasteiger partial charge on any atom is -0.479 e. The van der Waals surface area contributed by atoms with Crippen LogP contribution >= 0.6 is 0 Å². The van der Waals surface area contributed by atoms with E-state index in [0.29, 0.717) is 19.3 Å². The number of aliphatic hydroxyl groups is 8. The molecule has 9 N–H and O–H groups in total. The number of allylic oxidation sites excluding steroid dienone is 1. The van der Waals surface area contributed by atoms with Gasteiger partial charge in [0.05, 0.1) is 24.7 Å². The second-order valence-corrected chi connectivity index (χ2v) is 23.6. The smallest absolute Gasteiger partial charge is 0.335 e. The molecule has 7 fully saturated rings. The first-order valence-corrected chi connectivity index (χ1v) is 24.6. The molecule has 19 heteroatoms. The lowest BCUT2D eigenvalue weighted by atomic mass is 9.32. The Kier molecular flexibility index (Phi) is 14.0. The third-order valence-electron chi connectivity index (χ3n) is 19.1. The van der Waals surface area contributed by atoms with E-state index in [1.54, 1.807) is 0 Å². The lowest BCUT2D eigenvalue weighted by Gasteiger charge is -2.72. The molecule has 0 aromatic heterocycles. The average molecular weight is 969 g/mol. The fourth-order valence-corrected chi connectivity index (χ4v) is 15.1. The molecule has 0 bridgehead atoms. The lowest BCUT2D eigenvalue weighted by Crippen LogP contribution is -2.67. The maximum Gasteiger partial charge on any atom is 0.335 e. The summed E-state index contributed by atoms with van der Waals surface area (Å²) >= 11 is 0. The van der Waals surface area contributed by atoms with Gasteiger partial charge in [-0.1, -0.05) is 60.1 Å². The van der Waals surface area contributed by atoms with Crippen LogP contribution in [0.5, 0.6) is 0 Å². The molecule has 0 amide bonds. The van der Waals surface area contributed by atoms with Gasteiger partial charge in [-0.3, -0.25) is 9.59 Å². The number of rotatable bonds is 9. The van der Waals surface area contributed by atoms with Gasteiger partial charge in [-0.05, 0) is 109 Å². The molecule has 3 heterocycles. The Hall–Kier alpha value is -2.37. The number of carboxylic acids is 1. The zero-order valence-corrected chi connectivity index (χ0v) is 40.6. The lowest BCUT2D eigenvalue weighted by molar-refractivity contribution is -0.355. The summed E-state index contributed by atoms with van der Waals surface area (Å²) in [5.74, 6) is -2.42. The molecule has 19 nitrogen and oxygen atoms in total. The van der Waals surface area contributed by atoms with Crippen molar-refractivity contribution in [1.82, 2.24) is 0 Å². The zero-order valence-electron chi connectivity index (χ0n) is 40.6. The third kappa shape index (κ3) is 8.28. The predicted octanol–water partition coefficient (Wildman–Crippen LogP) is 1.44. The summed E-state index contributed by atoms with van der Waals surface area (Å²) in [4.78, 5) is 39.9. The van der Waals surface area contributed by atoms with Crippen molar-refractivity contribution in [3.8, 4) is 0 Å². The molecule has 0 aromatic carbocycles. The minimum atomic E-state index is -1.88. The molecule has 0 radical (unpaired) electrons. The van der Waals surface area contributed by atoms with E-state index in [1.165, 1.54) is 0 Å². The summed E-state index contributed by atoms with van der Waals surface area (Å²) in [7, 11) is 0. The maximum atomic E-state index is 14.7. The normalized spacial score (nSPS) is 50.8. The van der Waals surface area contributed by atoms with Crippen LogP contribution in [0.15, 0.2) is 11.6 Å². The number of hydrogen-bond acceptors (Lipinski definition) is 18. The summed E-state index contributed by atoms with van der Waals surface area (Å²) in [5.41, 5.74) is -1.22. The molecule has 0 aromatic rings. The summed E-state index contributed by atoms with van der Waals surface area (Å²) in [6, 6.07) is 0. The van der Waals surface area contributed by atoms with Crippen molar-refractivity contribution in [2.45, 2.75) is 212 Å². The van der Waals surface area contributed by atoms with Crippen molar-refractivity contribution in [3.63, 3.8) is 0 Å². The molecular weight excluding hydrogens is 893 g/mol. The molecule has 386 valence electrons. The van der Waals surface area contributed by atoms with Crippen LogP contribution in [0.25, 0.3) is 0 Å². The Morgan fingerprint density at radius 2 is 1.34 bits per heavy atom. The van der Waals surface area contributed by atoms with E-state index in [0.717, 1.165) is 57.4 Å². The van der Waals surface area contributed by atoms with Crippen molar-refractivity contribution in [2.24, 2.45) is 50.2 Å². The van der Waals surface area contributed by atoms with Gasteiger partial charge in [-0.2, -0.15) is 0 Å². The van der Waals surface area contributed by atoms with Gasteiger partial charge in [-0.15, -0.1) is 0 Å². The highest BCUT2D eigenvalue weighted by Gasteiger charge is 2.71. The van der Waals surface area contributed by atoms with Crippen LogP contribution in [0.1, 0.15) is 120 Å². The first-order chi connectivity index (χ1) is 31.7. The monoisotopic (exact) mass is 968 g/mol. The minimum absolute atomic E-state index is 0.0416. The number of esters is 2. The van der Waals surface area contributed by atoms with Crippen molar-refractivity contribution in [1.29, 1.82) is 0 Å². The molecule has 22 atom stereocenters. The van der Waals surface area contributed by atoms with Gasteiger partial charge >= 0.3 is 17.9 Å². The van der Waals surface area contributed by atoms with Gasteiger partial charge < -0.3 is 79.1 Å². The number of hydrogen-bond donors (Lipinski definition) is 9. The number of aliphatic hydroxyl groups excluding tert-OH is 8. The van der Waals surface area contributed by atoms with Crippen LogP contribution in [0, 0.1) is 50.2 Å². The Labute approximate surface area is 397 Å². The number of fused-ring (bicyclic) bond motifs is 7. The van der Waals surface area contributed by atoms with Crippen molar-refractivity contribution < 1.29 is 93.5 Å².